The molecule has 2 heterocycles. The first-order chi connectivity index (χ1) is 13.2. The molecule has 1 aromatic heterocycles. The smallest absolute Gasteiger partial charge is 0.257 e. The topological polar surface area (TPSA) is 99.3 Å². The van der Waals surface area contributed by atoms with E-state index in [1.807, 2.05) is 30.3 Å². The van der Waals surface area contributed by atoms with Crippen LogP contribution in [0.3, 0.4) is 0 Å². The molecule has 2 aliphatic rings. The van der Waals surface area contributed by atoms with Gasteiger partial charge in [0.05, 0.1) is 5.56 Å². The van der Waals surface area contributed by atoms with Gasteiger partial charge in [-0.15, -0.1) is 0 Å². The van der Waals surface area contributed by atoms with Gasteiger partial charge in [-0.1, -0.05) is 18.2 Å². The summed E-state index contributed by atoms with van der Waals surface area (Å²) in [6.07, 6.45) is 5.03. The third-order valence-electron chi connectivity index (χ3n) is 4.66. The summed E-state index contributed by atoms with van der Waals surface area (Å²) in [5.74, 6) is 0.0983. The predicted octanol–water partition coefficient (Wildman–Crippen LogP) is 0.913. The highest BCUT2D eigenvalue weighted by Crippen LogP contribution is 2.20. The minimum absolute atomic E-state index is 0.0960. The predicted molar refractivity (Wildman–Crippen MR) is 101 cm³/mol. The van der Waals surface area contributed by atoms with E-state index in [4.69, 9.17) is 0 Å². The first kappa shape index (κ1) is 17.4. The number of para-hydroxylation sites is 1. The fraction of sp³-hybridized carbons (Fsp3) is 0.368. The Hall–Kier alpha value is -3.00. The molecule has 0 radical (unpaired) electrons. The molecule has 140 valence electrons. The van der Waals surface area contributed by atoms with E-state index < -0.39 is 6.04 Å². The molecule has 1 saturated carbocycles. The van der Waals surface area contributed by atoms with Crippen molar-refractivity contribution in [3.8, 4) is 0 Å². The number of hydrogen-bond acceptors (Lipinski definition) is 6. The Morgan fingerprint density at radius 2 is 1.85 bits per heavy atom. The number of benzene rings is 1. The second-order valence-corrected chi connectivity index (χ2v) is 6.79. The standard InChI is InChI=1S/C19H22N6O2/c26-17(23-15-6-7-15)16-12-20-8-9-25(16)18(27)13-10-21-19(22-11-13)24-14-4-2-1-3-5-14/h1-5,10-11,15-16,20H,6-9,12H2,(H,23,26)(H,21,22,24)/t16-/m1/s1. The number of amides is 2. The van der Waals surface area contributed by atoms with Gasteiger partial charge < -0.3 is 20.9 Å². The van der Waals surface area contributed by atoms with Crippen LogP contribution in [0, 0.1) is 0 Å². The second kappa shape index (κ2) is 7.71. The molecule has 2 fully saturated rings. The fourth-order valence-corrected chi connectivity index (χ4v) is 3.03. The summed E-state index contributed by atoms with van der Waals surface area (Å²) in [5, 5.41) is 9.25. The first-order valence-corrected chi connectivity index (χ1v) is 9.17. The Morgan fingerprint density at radius 1 is 1.11 bits per heavy atom. The van der Waals surface area contributed by atoms with Gasteiger partial charge in [-0.3, -0.25) is 9.59 Å². The van der Waals surface area contributed by atoms with Gasteiger partial charge in [-0.2, -0.15) is 0 Å². The second-order valence-electron chi connectivity index (χ2n) is 6.79. The van der Waals surface area contributed by atoms with E-state index in [0.717, 1.165) is 18.5 Å². The normalized spacial score (nSPS) is 19.4. The Morgan fingerprint density at radius 3 is 2.56 bits per heavy atom. The quantitative estimate of drug-likeness (QED) is 0.728. The summed E-state index contributed by atoms with van der Waals surface area (Å²) in [7, 11) is 0. The van der Waals surface area contributed by atoms with Crippen molar-refractivity contribution in [2.45, 2.75) is 24.9 Å². The molecule has 27 heavy (non-hydrogen) atoms. The molecule has 2 aromatic rings. The van der Waals surface area contributed by atoms with E-state index in [1.54, 1.807) is 4.90 Å². The molecule has 0 bridgehead atoms. The summed E-state index contributed by atoms with van der Waals surface area (Å²) in [6, 6.07) is 9.33. The highest BCUT2D eigenvalue weighted by molar-refractivity contribution is 5.97. The van der Waals surface area contributed by atoms with Crippen LogP contribution in [0.25, 0.3) is 0 Å². The van der Waals surface area contributed by atoms with Crippen molar-refractivity contribution in [3.63, 3.8) is 0 Å². The minimum atomic E-state index is -0.506. The van der Waals surface area contributed by atoms with Crippen molar-refractivity contribution in [3.05, 3.63) is 48.3 Å². The Labute approximate surface area is 157 Å². The van der Waals surface area contributed by atoms with E-state index in [9.17, 15) is 9.59 Å². The number of hydrogen-bond donors (Lipinski definition) is 3. The van der Waals surface area contributed by atoms with Crippen LogP contribution in [-0.4, -0.2) is 58.4 Å². The number of nitrogens with one attached hydrogen (secondary N) is 3. The van der Waals surface area contributed by atoms with Gasteiger partial charge >= 0.3 is 0 Å². The number of rotatable bonds is 5. The summed E-state index contributed by atoms with van der Waals surface area (Å²) >= 11 is 0. The largest absolute Gasteiger partial charge is 0.352 e. The van der Waals surface area contributed by atoms with Crippen LogP contribution in [0.4, 0.5) is 11.6 Å². The van der Waals surface area contributed by atoms with Gasteiger partial charge in [0, 0.05) is 43.8 Å². The zero-order valence-corrected chi connectivity index (χ0v) is 14.9. The van der Waals surface area contributed by atoms with Crippen LogP contribution in [-0.2, 0) is 4.79 Å². The molecular weight excluding hydrogens is 344 g/mol. The van der Waals surface area contributed by atoms with E-state index in [-0.39, 0.29) is 17.9 Å². The molecule has 1 aromatic carbocycles. The monoisotopic (exact) mass is 366 g/mol. The van der Waals surface area contributed by atoms with Gasteiger partial charge in [0.1, 0.15) is 6.04 Å². The molecule has 1 aliphatic carbocycles. The lowest BCUT2D eigenvalue weighted by molar-refractivity contribution is -0.126. The average molecular weight is 366 g/mol. The van der Waals surface area contributed by atoms with E-state index in [0.29, 0.717) is 31.1 Å². The summed E-state index contributed by atoms with van der Waals surface area (Å²) < 4.78 is 0. The molecule has 8 heteroatoms. The zero-order valence-electron chi connectivity index (χ0n) is 14.9. The molecule has 8 nitrogen and oxygen atoms in total. The van der Waals surface area contributed by atoms with E-state index in [2.05, 4.69) is 25.9 Å². The first-order valence-electron chi connectivity index (χ1n) is 9.17. The lowest BCUT2D eigenvalue weighted by Gasteiger charge is -2.35. The van der Waals surface area contributed by atoms with E-state index in [1.165, 1.54) is 12.4 Å². The molecular formula is C19H22N6O2. The maximum Gasteiger partial charge on any atom is 0.257 e. The highest BCUT2D eigenvalue weighted by atomic mass is 16.2. The molecule has 1 saturated heterocycles. The minimum Gasteiger partial charge on any atom is -0.352 e. The van der Waals surface area contributed by atoms with Crippen LogP contribution in [0.2, 0.25) is 0 Å². The number of aromatic nitrogens is 2. The van der Waals surface area contributed by atoms with Crippen molar-refractivity contribution in [2.75, 3.05) is 25.0 Å². The Bertz CT molecular complexity index is 807. The molecule has 3 N–H and O–H groups in total. The number of carbonyl (C=O) groups excluding carboxylic acids is 2. The van der Waals surface area contributed by atoms with Crippen molar-refractivity contribution in [1.82, 2.24) is 25.5 Å². The highest BCUT2D eigenvalue weighted by Gasteiger charge is 2.35. The number of nitrogens with zero attached hydrogens (tertiary/aromatic N) is 3. The third-order valence-corrected chi connectivity index (χ3v) is 4.66. The number of piperazine rings is 1. The molecule has 1 aliphatic heterocycles. The van der Waals surface area contributed by atoms with Gasteiger partial charge in [-0.05, 0) is 25.0 Å². The van der Waals surface area contributed by atoms with Crippen LogP contribution in [0.1, 0.15) is 23.2 Å². The van der Waals surface area contributed by atoms with Crippen LogP contribution < -0.4 is 16.0 Å². The summed E-state index contributed by atoms with van der Waals surface area (Å²) in [4.78, 5) is 35.4. The molecule has 4 rings (SSSR count). The third kappa shape index (κ3) is 4.22. The summed E-state index contributed by atoms with van der Waals surface area (Å²) in [5.41, 5.74) is 1.25. The number of anilines is 2. The van der Waals surface area contributed by atoms with Crippen molar-refractivity contribution >= 4 is 23.5 Å². The van der Waals surface area contributed by atoms with Crippen molar-refractivity contribution < 1.29 is 9.59 Å². The lowest BCUT2D eigenvalue weighted by Crippen LogP contribution is -2.59. The average Bonchev–Trinajstić information content (AvgIpc) is 3.53. The molecule has 0 unspecified atom stereocenters. The molecule has 1 atom stereocenters. The maximum atomic E-state index is 12.9. The fourth-order valence-electron chi connectivity index (χ4n) is 3.03. The SMILES string of the molecule is O=C(NC1CC1)[C@H]1CNCCN1C(=O)c1cnc(Nc2ccccc2)nc1. The summed E-state index contributed by atoms with van der Waals surface area (Å²) in [6.45, 7) is 1.60. The van der Waals surface area contributed by atoms with Crippen LogP contribution >= 0.6 is 0 Å². The zero-order chi connectivity index (χ0) is 18.6. The number of carbonyl (C=O) groups is 2. The van der Waals surface area contributed by atoms with Crippen LogP contribution in [0.15, 0.2) is 42.7 Å². The van der Waals surface area contributed by atoms with Gasteiger partial charge in [0.2, 0.25) is 11.9 Å². The van der Waals surface area contributed by atoms with E-state index >= 15 is 0 Å². The van der Waals surface area contributed by atoms with Gasteiger partial charge in [-0.25, -0.2) is 9.97 Å². The van der Waals surface area contributed by atoms with Crippen LogP contribution in [0.5, 0.6) is 0 Å². The van der Waals surface area contributed by atoms with Crippen molar-refractivity contribution in [2.24, 2.45) is 0 Å². The molecule has 2 amide bonds. The maximum absolute atomic E-state index is 12.9. The molecule has 0 spiro atoms. The lowest BCUT2D eigenvalue weighted by atomic mass is 10.1. The van der Waals surface area contributed by atoms with Gasteiger partial charge in [0.15, 0.2) is 0 Å². The Kier molecular flexibility index (Phi) is 4.97. The van der Waals surface area contributed by atoms with Crippen molar-refractivity contribution in [1.29, 1.82) is 0 Å². The Balaban J connectivity index is 1.44. The van der Waals surface area contributed by atoms with Gasteiger partial charge in [0.25, 0.3) is 5.91 Å².